The molecule has 9 nitrogen and oxygen atoms in total. The van der Waals surface area contributed by atoms with E-state index in [9.17, 15) is 19.7 Å². The van der Waals surface area contributed by atoms with Crippen molar-refractivity contribution in [3.05, 3.63) is 58.6 Å². The van der Waals surface area contributed by atoms with Crippen LogP contribution >= 0.6 is 0 Å². The van der Waals surface area contributed by atoms with Gasteiger partial charge in [-0.15, -0.1) is 0 Å². The van der Waals surface area contributed by atoms with E-state index in [2.05, 4.69) is 15.5 Å². The third-order valence-electron chi connectivity index (χ3n) is 3.33. The first-order valence-corrected chi connectivity index (χ1v) is 7.52. The summed E-state index contributed by atoms with van der Waals surface area (Å²) in [5.41, 5.74) is 0.509. The van der Waals surface area contributed by atoms with Gasteiger partial charge in [0.2, 0.25) is 6.04 Å². The Bertz CT molecular complexity index is 851. The molecule has 9 heteroatoms. The molecule has 1 atom stereocenters. The third-order valence-corrected chi connectivity index (χ3v) is 3.33. The number of amides is 1. The largest absolute Gasteiger partial charge is 0.494 e. The number of non-ortho nitro benzene ring substituents is 1. The zero-order chi connectivity index (χ0) is 19.1. The van der Waals surface area contributed by atoms with Crippen LogP contribution in [0, 0.1) is 10.1 Å². The van der Waals surface area contributed by atoms with Crippen molar-refractivity contribution in [1.82, 2.24) is 0 Å². The zero-order valence-electron chi connectivity index (χ0n) is 14.1. The van der Waals surface area contributed by atoms with Crippen LogP contribution in [0.3, 0.4) is 0 Å². The summed E-state index contributed by atoms with van der Waals surface area (Å²) in [7, 11) is 1.32. The number of benzene rings is 2. The van der Waals surface area contributed by atoms with E-state index in [1.807, 2.05) is 0 Å². The van der Waals surface area contributed by atoms with Gasteiger partial charge in [0, 0.05) is 11.8 Å². The fourth-order valence-electron chi connectivity index (χ4n) is 2.03. The van der Waals surface area contributed by atoms with E-state index in [1.54, 1.807) is 30.3 Å². The van der Waals surface area contributed by atoms with Gasteiger partial charge in [-0.2, -0.15) is 10.2 Å². The fourth-order valence-corrected chi connectivity index (χ4v) is 2.03. The molecule has 1 amide bonds. The third kappa shape index (κ3) is 4.69. The van der Waals surface area contributed by atoms with Crippen molar-refractivity contribution >= 4 is 28.8 Å². The molecule has 26 heavy (non-hydrogen) atoms. The number of methoxy groups -OCH3 is 1. The van der Waals surface area contributed by atoms with E-state index < -0.39 is 22.7 Å². The van der Waals surface area contributed by atoms with Gasteiger partial charge in [-0.1, -0.05) is 18.2 Å². The summed E-state index contributed by atoms with van der Waals surface area (Å²) in [6.07, 6.45) is 0. The van der Waals surface area contributed by atoms with Gasteiger partial charge in [0.05, 0.1) is 18.1 Å². The molecular weight excluding hydrogens is 340 g/mol. The number of carbonyl (C=O) groups is 2. The van der Waals surface area contributed by atoms with Crippen molar-refractivity contribution in [3.8, 4) is 5.75 Å². The highest BCUT2D eigenvalue weighted by Gasteiger charge is 2.23. The zero-order valence-corrected chi connectivity index (χ0v) is 14.1. The Hall–Kier alpha value is -3.62. The number of nitro groups is 1. The predicted molar refractivity (Wildman–Crippen MR) is 93.7 cm³/mol. The van der Waals surface area contributed by atoms with Crippen molar-refractivity contribution < 1.29 is 19.2 Å². The number of Topliss-reactive ketones (excluding diaryl/α,β-unsaturated/α-hetero) is 1. The quantitative estimate of drug-likeness (QED) is 0.353. The summed E-state index contributed by atoms with van der Waals surface area (Å²) in [6.45, 7) is 1.22. The number of anilines is 1. The fraction of sp³-hybridized carbons (Fsp3) is 0.176. The van der Waals surface area contributed by atoms with Crippen molar-refractivity contribution in [2.45, 2.75) is 13.0 Å². The Labute approximate surface area is 148 Å². The molecule has 1 N–H and O–H groups in total. The molecule has 1 unspecified atom stereocenters. The molecule has 0 saturated heterocycles. The van der Waals surface area contributed by atoms with Gasteiger partial charge < -0.3 is 10.1 Å². The number of carbonyl (C=O) groups excluding carboxylic acids is 2. The first-order chi connectivity index (χ1) is 12.4. The van der Waals surface area contributed by atoms with Crippen molar-refractivity contribution in [2.75, 3.05) is 12.4 Å². The molecule has 0 saturated carbocycles. The smallest absolute Gasteiger partial charge is 0.273 e. The van der Waals surface area contributed by atoms with Crippen molar-refractivity contribution in [1.29, 1.82) is 0 Å². The van der Waals surface area contributed by atoms with Crippen LogP contribution in [0.5, 0.6) is 5.75 Å². The van der Waals surface area contributed by atoms with Crippen LogP contribution in [0.2, 0.25) is 0 Å². The number of rotatable bonds is 7. The second-order valence-corrected chi connectivity index (χ2v) is 5.20. The van der Waals surface area contributed by atoms with Gasteiger partial charge in [-0.3, -0.25) is 19.7 Å². The summed E-state index contributed by atoms with van der Waals surface area (Å²) < 4.78 is 5.04. The minimum absolute atomic E-state index is 0.105. The first kappa shape index (κ1) is 18.7. The molecule has 0 aliphatic heterocycles. The summed E-state index contributed by atoms with van der Waals surface area (Å²) in [6, 6.07) is 11.0. The number of nitrogens with one attached hydrogen (secondary N) is 1. The summed E-state index contributed by atoms with van der Waals surface area (Å²) in [5, 5.41) is 21.0. The van der Waals surface area contributed by atoms with Crippen LogP contribution in [-0.2, 0) is 9.59 Å². The Morgan fingerprint density at radius 1 is 1.19 bits per heavy atom. The van der Waals surface area contributed by atoms with E-state index in [0.29, 0.717) is 5.69 Å². The highest BCUT2D eigenvalue weighted by molar-refractivity contribution is 6.10. The highest BCUT2D eigenvalue weighted by Crippen LogP contribution is 2.31. The van der Waals surface area contributed by atoms with Crippen LogP contribution in [0.15, 0.2) is 58.8 Å². The number of ketones is 1. The van der Waals surface area contributed by atoms with E-state index in [0.717, 1.165) is 0 Å². The highest BCUT2D eigenvalue weighted by atomic mass is 16.6. The Morgan fingerprint density at radius 3 is 2.46 bits per heavy atom. The van der Waals surface area contributed by atoms with E-state index in [1.165, 1.54) is 32.2 Å². The summed E-state index contributed by atoms with van der Waals surface area (Å²) in [5.74, 6) is -1.02. The average Bonchev–Trinajstić information content (AvgIpc) is 2.62. The molecule has 2 aromatic rings. The van der Waals surface area contributed by atoms with Crippen LogP contribution in [0.1, 0.15) is 6.92 Å². The lowest BCUT2D eigenvalue weighted by molar-refractivity contribution is -0.384. The molecule has 0 aliphatic rings. The number of nitrogens with zero attached hydrogens (tertiary/aromatic N) is 3. The Kier molecular flexibility index (Phi) is 6.10. The molecule has 0 heterocycles. The SMILES string of the molecule is COc1cc([N+](=O)[O-])ccc1/N=N/C(C(C)=O)C(=O)Nc1ccccc1. The van der Waals surface area contributed by atoms with Gasteiger partial charge >= 0.3 is 0 Å². The molecular formula is C17H16N4O5. The average molecular weight is 356 g/mol. The Morgan fingerprint density at radius 2 is 1.88 bits per heavy atom. The molecule has 0 spiro atoms. The maximum Gasteiger partial charge on any atom is 0.273 e. The topological polar surface area (TPSA) is 123 Å². The number of azo groups is 1. The molecule has 0 bridgehead atoms. The molecule has 0 aromatic heterocycles. The van der Waals surface area contributed by atoms with E-state index >= 15 is 0 Å². The molecule has 134 valence electrons. The monoisotopic (exact) mass is 356 g/mol. The maximum absolute atomic E-state index is 12.3. The van der Waals surface area contributed by atoms with Crippen LogP contribution in [-0.4, -0.2) is 29.8 Å². The minimum atomic E-state index is -1.35. The van der Waals surface area contributed by atoms with Crippen molar-refractivity contribution in [3.63, 3.8) is 0 Å². The van der Waals surface area contributed by atoms with Crippen LogP contribution in [0.4, 0.5) is 17.1 Å². The number of hydrogen-bond acceptors (Lipinski definition) is 7. The predicted octanol–water partition coefficient (Wildman–Crippen LogP) is 3.28. The number of nitro benzene ring substituents is 1. The Balaban J connectivity index is 2.23. The van der Waals surface area contributed by atoms with Gasteiger partial charge in [-0.25, -0.2) is 0 Å². The first-order valence-electron chi connectivity index (χ1n) is 7.52. The van der Waals surface area contributed by atoms with Gasteiger partial charge in [-0.05, 0) is 25.1 Å². The maximum atomic E-state index is 12.3. The van der Waals surface area contributed by atoms with Gasteiger partial charge in [0.1, 0.15) is 5.69 Å². The lowest BCUT2D eigenvalue weighted by atomic mass is 10.2. The van der Waals surface area contributed by atoms with Gasteiger partial charge in [0.15, 0.2) is 11.5 Å². The van der Waals surface area contributed by atoms with Crippen molar-refractivity contribution in [2.24, 2.45) is 10.2 Å². The normalized spacial score (nSPS) is 11.8. The molecule has 2 rings (SSSR count). The summed E-state index contributed by atoms with van der Waals surface area (Å²) >= 11 is 0. The summed E-state index contributed by atoms with van der Waals surface area (Å²) in [4.78, 5) is 34.2. The van der Waals surface area contributed by atoms with Crippen LogP contribution in [0.25, 0.3) is 0 Å². The molecule has 0 aliphatic carbocycles. The lowest BCUT2D eigenvalue weighted by Gasteiger charge is -2.09. The van der Waals surface area contributed by atoms with E-state index in [-0.39, 0.29) is 17.1 Å². The van der Waals surface area contributed by atoms with Crippen LogP contribution < -0.4 is 10.1 Å². The molecule has 0 fully saturated rings. The molecule has 0 radical (unpaired) electrons. The number of ether oxygens (including phenoxy) is 1. The standard InChI is InChI=1S/C17H16N4O5/c1-11(22)16(17(23)18-12-6-4-3-5-7-12)20-19-14-9-8-13(21(24)25)10-15(14)26-2/h3-10,16H,1-2H3,(H,18,23)/b20-19+. The number of hydrogen-bond donors (Lipinski definition) is 1. The molecule has 2 aromatic carbocycles. The lowest BCUT2D eigenvalue weighted by Crippen LogP contribution is -2.31. The second kappa shape index (κ2) is 8.47. The minimum Gasteiger partial charge on any atom is -0.494 e. The van der Waals surface area contributed by atoms with E-state index in [4.69, 9.17) is 4.74 Å². The van der Waals surface area contributed by atoms with Gasteiger partial charge in [0.25, 0.3) is 11.6 Å². The second-order valence-electron chi connectivity index (χ2n) is 5.20. The number of para-hydroxylation sites is 1.